The molecule has 0 aromatic rings. The molecule has 20 heavy (non-hydrogen) atoms. The van der Waals surface area contributed by atoms with Crippen molar-refractivity contribution >= 4 is 5.91 Å². The Bertz CT molecular complexity index is 232. The lowest BCUT2D eigenvalue weighted by molar-refractivity contribution is -0.131. The van der Waals surface area contributed by atoms with Gasteiger partial charge in [0.15, 0.2) is 0 Å². The first-order valence-corrected chi connectivity index (χ1v) is 9.12. The third-order valence-electron chi connectivity index (χ3n) is 4.45. The number of carbonyl (C=O) groups excluding carboxylic acids is 1. The van der Waals surface area contributed by atoms with E-state index in [2.05, 4.69) is 11.8 Å². The molecule has 118 valence electrons. The maximum absolute atomic E-state index is 12.1. The van der Waals surface area contributed by atoms with Crippen LogP contribution in [0.5, 0.6) is 0 Å². The first-order valence-electron chi connectivity index (χ1n) is 9.12. The van der Waals surface area contributed by atoms with Crippen molar-refractivity contribution in [1.82, 2.24) is 4.90 Å². The normalized spacial score (nSPS) is 16.1. The summed E-state index contributed by atoms with van der Waals surface area (Å²) >= 11 is 0. The zero-order valence-electron chi connectivity index (χ0n) is 13.7. The van der Waals surface area contributed by atoms with Gasteiger partial charge in [0.1, 0.15) is 0 Å². The largest absolute Gasteiger partial charge is 0.343 e. The highest BCUT2D eigenvalue weighted by Crippen LogP contribution is 2.14. The standard InChI is InChI=1S/C18H35NO/c1-2-3-4-5-6-7-8-9-12-15-18(20)19-16-13-10-11-14-17-19/h2-17H2,1H3. The number of rotatable bonds is 10. The summed E-state index contributed by atoms with van der Waals surface area (Å²) in [5.41, 5.74) is 0. The van der Waals surface area contributed by atoms with Crippen LogP contribution in [0.1, 0.15) is 96.8 Å². The highest BCUT2D eigenvalue weighted by atomic mass is 16.2. The molecule has 0 aromatic heterocycles. The SMILES string of the molecule is CCCCCCCCCCCC(=O)N1CCCCCC1. The summed E-state index contributed by atoms with van der Waals surface area (Å²) in [5, 5.41) is 0. The smallest absolute Gasteiger partial charge is 0.222 e. The number of unbranched alkanes of at least 4 members (excludes halogenated alkanes) is 8. The molecule has 0 aromatic carbocycles. The molecular formula is C18H35NO. The fourth-order valence-electron chi connectivity index (χ4n) is 3.07. The van der Waals surface area contributed by atoms with Crippen LogP contribution in [-0.2, 0) is 4.79 Å². The Kier molecular flexibility index (Phi) is 10.7. The summed E-state index contributed by atoms with van der Waals surface area (Å²) in [6.45, 7) is 4.29. The summed E-state index contributed by atoms with van der Waals surface area (Å²) in [6, 6.07) is 0. The van der Waals surface area contributed by atoms with E-state index in [0.717, 1.165) is 25.9 Å². The molecule has 0 bridgehead atoms. The summed E-state index contributed by atoms with van der Waals surface area (Å²) in [6.07, 6.45) is 17.8. The van der Waals surface area contributed by atoms with Gasteiger partial charge < -0.3 is 4.90 Å². The van der Waals surface area contributed by atoms with E-state index in [4.69, 9.17) is 0 Å². The molecule has 0 spiro atoms. The lowest BCUT2D eigenvalue weighted by Crippen LogP contribution is -2.31. The van der Waals surface area contributed by atoms with Crippen molar-refractivity contribution in [3.63, 3.8) is 0 Å². The van der Waals surface area contributed by atoms with Gasteiger partial charge in [-0.1, -0.05) is 71.1 Å². The van der Waals surface area contributed by atoms with Crippen LogP contribution in [0.2, 0.25) is 0 Å². The van der Waals surface area contributed by atoms with E-state index < -0.39 is 0 Å². The van der Waals surface area contributed by atoms with Crippen LogP contribution in [0, 0.1) is 0 Å². The Hall–Kier alpha value is -0.530. The molecule has 1 fully saturated rings. The molecular weight excluding hydrogens is 246 g/mol. The van der Waals surface area contributed by atoms with Gasteiger partial charge in [-0.15, -0.1) is 0 Å². The Balaban J connectivity index is 1.91. The second-order valence-electron chi connectivity index (χ2n) is 6.37. The quantitative estimate of drug-likeness (QED) is 0.497. The minimum Gasteiger partial charge on any atom is -0.343 e. The minimum atomic E-state index is 0.412. The predicted octanol–water partition coefficient (Wildman–Crippen LogP) is 5.31. The van der Waals surface area contributed by atoms with Gasteiger partial charge in [-0.25, -0.2) is 0 Å². The number of amides is 1. The van der Waals surface area contributed by atoms with Crippen LogP contribution in [0.15, 0.2) is 0 Å². The van der Waals surface area contributed by atoms with Crippen molar-refractivity contribution in [2.75, 3.05) is 13.1 Å². The molecule has 0 N–H and O–H groups in total. The third kappa shape index (κ3) is 8.60. The number of likely N-dealkylation sites (tertiary alicyclic amines) is 1. The first-order chi connectivity index (χ1) is 9.84. The second-order valence-corrected chi connectivity index (χ2v) is 6.37. The number of hydrogen-bond donors (Lipinski definition) is 0. The Morgan fingerprint density at radius 3 is 1.80 bits per heavy atom. The monoisotopic (exact) mass is 281 g/mol. The number of carbonyl (C=O) groups is 1. The molecule has 1 saturated heterocycles. The molecule has 2 heteroatoms. The van der Waals surface area contributed by atoms with E-state index in [1.54, 1.807) is 0 Å². The van der Waals surface area contributed by atoms with Crippen molar-refractivity contribution in [2.24, 2.45) is 0 Å². The van der Waals surface area contributed by atoms with Gasteiger partial charge >= 0.3 is 0 Å². The number of nitrogens with zero attached hydrogens (tertiary/aromatic N) is 1. The zero-order chi connectivity index (χ0) is 14.5. The molecule has 1 heterocycles. The van der Waals surface area contributed by atoms with Gasteiger partial charge in [-0.3, -0.25) is 4.79 Å². The molecule has 1 aliphatic heterocycles. The second kappa shape index (κ2) is 12.2. The summed E-state index contributed by atoms with van der Waals surface area (Å²) in [5.74, 6) is 0.412. The topological polar surface area (TPSA) is 20.3 Å². The fraction of sp³-hybridized carbons (Fsp3) is 0.944. The lowest BCUT2D eigenvalue weighted by Gasteiger charge is -2.20. The molecule has 0 atom stereocenters. The fourth-order valence-corrected chi connectivity index (χ4v) is 3.07. The maximum Gasteiger partial charge on any atom is 0.222 e. The van der Waals surface area contributed by atoms with E-state index in [1.807, 2.05) is 0 Å². The molecule has 1 amide bonds. The minimum absolute atomic E-state index is 0.412. The zero-order valence-corrected chi connectivity index (χ0v) is 13.7. The van der Waals surface area contributed by atoms with Crippen molar-refractivity contribution in [1.29, 1.82) is 0 Å². The summed E-state index contributed by atoms with van der Waals surface area (Å²) in [7, 11) is 0. The van der Waals surface area contributed by atoms with E-state index in [-0.39, 0.29) is 0 Å². The van der Waals surface area contributed by atoms with Gasteiger partial charge in [0.2, 0.25) is 5.91 Å². The average Bonchev–Trinajstić information content (AvgIpc) is 2.74. The molecule has 0 saturated carbocycles. The average molecular weight is 281 g/mol. The number of hydrogen-bond acceptors (Lipinski definition) is 1. The van der Waals surface area contributed by atoms with Crippen molar-refractivity contribution in [2.45, 2.75) is 96.8 Å². The van der Waals surface area contributed by atoms with Crippen LogP contribution in [0.25, 0.3) is 0 Å². The summed E-state index contributed by atoms with van der Waals surface area (Å²) < 4.78 is 0. The molecule has 0 radical (unpaired) electrons. The van der Waals surface area contributed by atoms with E-state index in [0.29, 0.717) is 5.91 Å². The van der Waals surface area contributed by atoms with Crippen LogP contribution in [0.3, 0.4) is 0 Å². The molecule has 1 aliphatic rings. The predicted molar refractivity (Wildman–Crippen MR) is 86.9 cm³/mol. The van der Waals surface area contributed by atoms with E-state index >= 15 is 0 Å². The van der Waals surface area contributed by atoms with Crippen LogP contribution in [0.4, 0.5) is 0 Å². The lowest BCUT2D eigenvalue weighted by atomic mass is 10.1. The Morgan fingerprint density at radius 2 is 1.25 bits per heavy atom. The van der Waals surface area contributed by atoms with Gasteiger partial charge in [0, 0.05) is 19.5 Å². The van der Waals surface area contributed by atoms with Gasteiger partial charge in [-0.2, -0.15) is 0 Å². The van der Waals surface area contributed by atoms with Gasteiger partial charge in [0.05, 0.1) is 0 Å². The third-order valence-corrected chi connectivity index (χ3v) is 4.45. The first kappa shape index (κ1) is 17.5. The highest BCUT2D eigenvalue weighted by molar-refractivity contribution is 5.76. The summed E-state index contributed by atoms with van der Waals surface area (Å²) in [4.78, 5) is 14.2. The van der Waals surface area contributed by atoms with Crippen LogP contribution in [-0.4, -0.2) is 23.9 Å². The highest BCUT2D eigenvalue weighted by Gasteiger charge is 2.14. The molecule has 0 aliphatic carbocycles. The Morgan fingerprint density at radius 1 is 0.750 bits per heavy atom. The van der Waals surface area contributed by atoms with E-state index in [1.165, 1.54) is 77.0 Å². The maximum atomic E-state index is 12.1. The molecule has 2 nitrogen and oxygen atoms in total. The van der Waals surface area contributed by atoms with E-state index in [9.17, 15) is 4.79 Å². The van der Waals surface area contributed by atoms with Crippen LogP contribution < -0.4 is 0 Å². The Labute approximate surface area is 126 Å². The van der Waals surface area contributed by atoms with Gasteiger partial charge in [0.25, 0.3) is 0 Å². The van der Waals surface area contributed by atoms with Gasteiger partial charge in [-0.05, 0) is 19.3 Å². The molecule has 0 unspecified atom stereocenters. The van der Waals surface area contributed by atoms with Crippen molar-refractivity contribution in [3.8, 4) is 0 Å². The van der Waals surface area contributed by atoms with Crippen molar-refractivity contribution in [3.05, 3.63) is 0 Å². The van der Waals surface area contributed by atoms with Crippen LogP contribution >= 0.6 is 0 Å². The molecule has 1 rings (SSSR count). The van der Waals surface area contributed by atoms with Crippen molar-refractivity contribution < 1.29 is 4.79 Å².